The fraction of sp³-hybridized carbons (Fsp3) is 0. The molecule has 0 spiro atoms. The Morgan fingerprint density at radius 3 is 2.53 bits per heavy atom. The van der Waals surface area contributed by atoms with Crippen LogP contribution >= 0.6 is 0 Å². The zero-order valence-electron chi connectivity index (χ0n) is 15.8. The number of aromatic nitrogens is 7. The number of pyridine rings is 3. The van der Waals surface area contributed by atoms with E-state index in [1.807, 2.05) is 48.7 Å². The van der Waals surface area contributed by atoms with E-state index in [9.17, 15) is 0 Å². The number of nitrogens with zero attached hydrogens (tertiary/aromatic N) is 7. The number of nitrogens with one attached hydrogen (secondary N) is 2. The van der Waals surface area contributed by atoms with Gasteiger partial charge in [0.15, 0.2) is 5.82 Å². The maximum atomic E-state index is 4.09. The zero-order chi connectivity index (χ0) is 20.4. The van der Waals surface area contributed by atoms with Gasteiger partial charge in [-0.25, -0.2) is 15.0 Å². The van der Waals surface area contributed by atoms with Crippen molar-refractivity contribution in [1.82, 2.24) is 40.5 Å². The van der Waals surface area contributed by atoms with Crippen LogP contribution in [0.5, 0.6) is 0 Å². The van der Waals surface area contributed by atoms with Crippen molar-refractivity contribution in [3.05, 3.63) is 91.7 Å². The van der Waals surface area contributed by atoms with E-state index >= 15 is 0 Å². The summed E-state index contributed by atoms with van der Waals surface area (Å²) in [6.45, 7) is 0. The second kappa shape index (κ2) is 9.60. The van der Waals surface area contributed by atoms with Gasteiger partial charge in [0.1, 0.15) is 11.8 Å². The minimum absolute atomic E-state index is 0.838. The first-order valence-corrected chi connectivity index (χ1v) is 9.05. The molecule has 2 N–H and O–H groups in total. The minimum Gasteiger partial charge on any atom is -0.307 e. The van der Waals surface area contributed by atoms with E-state index in [0.717, 1.165) is 33.3 Å². The fourth-order valence-electron chi connectivity index (χ4n) is 2.54. The number of hydrazine groups is 1. The van der Waals surface area contributed by atoms with Gasteiger partial charge in [-0.05, 0) is 42.5 Å². The molecule has 0 fully saturated rings. The second-order valence-corrected chi connectivity index (χ2v) is 5.94. The van der Waals surface area contributed by atoms with Gasteiger partial charge in [-0.15, -0.1) is 5.10 Å². The van der Waals surface area contributed by atoms with Crippen LogP contribution in [0, 0.1) is 0 Å². The number of hydrogen-bond acceptors (Lipinski definition) is 9. The highest BCUT2D eigenvalue weighted by molar-refractivity contribution is 5.75. The summed E-state index contributed by atoms with van der Waals surface area (Å²) in [6.07, 6.45) is 15.7. The Bertz CT molecular complexity index is 1070. The van der Waals surface area contributed by atoms with Crippen molar-refractivity contribution in [2.45, 2.75) is 0 Å². The molecule has 0 amide bonds. The Morgan fingerprint density at radius 1 is 0.700 bits per heavy atom. The average molecular weight is 395 g/mol. The van der Waals surface area contributed by atoms with Crippen LogP contribution < -0.4 is 10.9 Å². The summed E-state index contributed by atoms with van der Waals surface area (Å²) in [5.41, 5.74) is 9.49. The van der Waals surface area contributed by atoms with Crippen LogP contribution in [0.15, 0.2) is 86.1 Å². The molecule has 30 heavy (non-hydrogen) atoms. The fourth-order valence-corrected chi connectivity index (χ4v) is 2.54. The summed E-state index contributed by atoms with van der Waals surface area (Å²) >= 11 is 0. The van der Waals surface area contributed by atoms with Crippen molar-refractivity contribution < 1.29 is 0 Å². The molecule has 0 bridgehead atoms. The quantitative estimate of drug-likeness (QED) is 0.408. The van der Waals surface area contributed by atoms with Crippen molar-refractivity contribution in [3.63, 3.8) is 0 Å². The van der Waals surface area contributed by atoms with E-state index in [1.165, 1.54) is 6.33 Å². The van der Waals surface area contributed by atoms with Crippen molar-refractivity contribution >= 4 is 33.8 Å². The first-order valence-electron chi connectivity index (χ1n) is 9.05. The van der Waals surface area contributed by atoms with E-state index in [-0.39, 0.29) is 0 Å². The predicted molar refractivity (Wildman–Crippen MR) is 115 cm³/mol. The monoisotopic (exact) mass is 395 g/mol. The smallest absolute Gasteiger partial charge is 0.151 e. The number of hydrogen-bond donors (Lipinski definition) is 2. The van der Waals surface area contributed by atoms with Crippen molar-refractivity contribution in [2.75, 3.05) is 5.43 Å². The molecule has 0 aromatic carbocycles. The maximum absolute atomic E-state index is 4.09. The normalized spacial score (nSPS) is 11.1. The van der Waals surface area contributed by atoms with Gasteiger partial charge in [-0.1, -0.05) is 0 Å². The van der Waals surface area contributed by atoms with E-state index < -0.39 is 0 Å². The predicted octanol–water partition coefficient (Wildman–Crippen LogP) is 3.03. The average Bonchev–Trinajstić information content (AvgIpc) is 2.85. The van der Waals surface area contributed by atoms with Gasteiger partial charge in [-0.3, -0.25) is 15.4 Å². The Hall–Kier alpha value is -4.53. The number of anilines is 1. The van der Waals surface area contributed by atoms with Gasteiger partial charge in [0.2, 0.25) is 0 Å². The van der Waals surface area contributed by atoms with E-state index in [0.29, 0.717) is 0 Å². The van der Waals surface area contributed by atoms with Crippen molar-refractivity contribution in [2.24, 2.45) is 0 Å². The largest absolute Gasteiger partial charge is 0.307 e. The Morgan fingerprint density at radius 2 is 1.63 bits per heavy atom. The summed E-state index contributed by atoms with van der Waals surface area (Å²) in [4.78, 5) is 20.0. The van der Waals surface area contributed by atoms with Crippen LogP contribution in [-0.4, -0.2) is 35.1 Å². The molecule has 1 aliphatic heterocycles. The van der Waals surface area contributed by atoms with Crippen molar-refractivity contribution in [1.29, 1.82) is 0 Å². The SMILES string of the molecule is C1=Cc2cccnc2NN1.c1cc2cncnc2cn1.c1cnc2ccnnc2c1. The minimum atomic E-state index is 0.838. The topological polar surface area (TPSA) is 114 Å². The summed E-state index contributed by atoms with van der Waals surface area (Å²) in [5.74, 6) is 0.880. The Balaban J connectivity index is 0.000000109. The first-order chi connectivity index (χ1) is 14.9. The van der Waals surface area contributed by atoms with Gasteiger partial charge in [0.05, 0.1) is 23.4 Å². The summed E-state index contributed by atoms with van der Waals surface area (Å²) < 4.78 is 0. The van der Waals surface area contributed by atoms with Crippen LogP contribution in [0.2, 0.25) is 0 Å². The van der Waals surface area contributed by atoms with E-state index in [1.54, 1.807) is 37.2 Å². The standard InChI is InChI=1S/2C7H5N3.C7H7N3/c1-2-8-4-7-6(1)3-9-5-10-7;1-2-7-6(8-4-1)3-5-9-10-7;1-2-6-3-5-9-10-7(6)8-4-1/h2*1-5H;1-5,9H,(H,8,10). The summed E-state index contributed by atoms with van der Waals surface area (Å²) in [7, 11) is 0. The van der Waals surface area contributed by atoms with Crippen LogP contribution in [0.3, 0.4) is 0 Å². The molecule has 6 heterocycles. The highest BCUT2D eigenvalue weighted by Crippen LogP contribution is 2.13. The molecule has 0 aliphatic carbocycles. The third-order valence-corrected chi connectivity index (χ3v) is 3.97. The molecule has 1 aliphatic rings. The third-order valence-electron chi connectivity index (χ3n) is 3.97. The molecule has 9 nitrogen and oxygen atoms in total. The lowest BCUT2D eigenvalue weighted by Crippen LogP contribution is -2.18. The van der Waals surface area contributed by atoms with Crippen molar-refractivity contribution in [3.8, 4) is 0 Å². The lowest BCUT2D eigenvalue weighted by molar-refractivity contribution is 1.02. The molecule has 5 aromatic rings. The van der Waals surface area contributed by atoms with Gasteiger partial charge in [0.25, 0.3) is 0 Å². The molecular formula is C21H17N9. The lowest BCUT2D eigenvalue weighted by Gasteiger charge is -2.11. The molecule has 0 saturated carbocycles. The Kier molecular flexibility index (Phi) is 6.02. The van der Waals surface area contributed by atoms with Gasteiger partial charge in [0, 0.05) is 41.9 Å². The zero-order valence-corrected chi connectivity index (χ0v) is 15.8. The van der Waals surface area contributed by atoms with Gasteiger partial charge in [-0.2, -0.15) is 5.10 Å². The molecular weight excluding hydrogens is 378 g/mol. The third kappa shape index (κ3) is 4.84. The molecule has 6 rings (SSSR count). The maximum Gasteiger partial charge on any atom is 0.151 e. The second-order valence-electron chi connectivity index (χ2n) is 5.94. The number of rotatable bonds is 0. The van der Waals surface area contributed by atoms with Crippen LogP contribution in [0.1, 0.15) is 5.56 Å². The van der Waals surface area contributed by atoms with Crippen LogP contribution in [0.25, 0.3) is 28.0 Å². The van der Waals surface area contributed by atoms with E-state index in [2.05, 4.69) is 46.0 Å². The Labute approximate surface area is 172 Å². The molecule has 9 heteroatoms. The summed E-state index contributed by atoms with van der Waals surface area (Å²) in [5, 5.41) is 8.62. The van der Waals surface area contributed by atoms with E-state index in [4.69, 9.17) is 0 Å². The molecule has 0 unspecified atom stereocenters. The first kappa shape index (κ1) is 18.8. The summed E-state index contributed by atoms with van der Waals surface area (Å²) in [6, 6.07) is 11.4. The lowest BCUT2D eigenvalue weighted by atomic mass is 10.2. The van der Waals surface area contributed by atoms with Gasteiger partial charge < -0.3 is 5.43 Å². The number of fused-ring (bicyclic) bond motifs is 3. The molecule has 5 aromatic heterocycles. The highest BCUT2D eigenvalue weighted by atomic mass is 15.4. The molecule has 0 atom stereocenters. The molecule has 146 valence electrons. The molecule has 0 radical (unpaired) electrons. The van der Waals surface area contributed by atoms with Crippen LogP contribution in [-0.2, 0) is 0 Å². The molecule has 0 saturated heterocycles. The highest BCUT2D eigenvalue weighted by Gasteiger charge is 2.00. The van der Waals surface area contributed by atoms with Gasteiger partial charge >= 0.3 is 0 Å². The van der Waals surface area contributed by atoms with Crippen LogP contribution in [0.4, 0.5) is 5.82 Å².